The summed E-state index contributed by atoms with van der Waals surface area (Å²) >= 11 is 0. The third-order valence-corrected chi connectivity index (χ3v) is 4.29. The van der Waals surface area contributed by atoms with Gasteiger partial charge in [-0.2, -0.15) is 0 Å². The van der Waals surface area contributed by atoms with Crippen LogP contribution in [0.3, 0.4) is 0 Å². The fraction of sp³-hybridized carbons (Fsp3) is 0.412. The standard InChI is InChI=1S/C17H20N2O/c1-2-7-14-12-15(20)19-16(18-14)17(10-6-11-17)13-8-4-3-5-9-13/h3-5,8-9,12H,2,6-7,10-11H2,1H3,(H,18,19,20). The molecule has 0 atom stereocenters. The molecule has 2 aromatic rings. The number of benzene rings is 1. The maximum Gasteiger partial charge on any atom is 0.251 e. The van der Waals surface area contributed by atoms with Gasteiger partial charge in [-0.3, -0.25) is 4.79 Å². The molecule has 1 heterocycles. The molecule has 1 aliphatic carbocycles. The van der Waals surface area contributed by atoms with Gasteiger partial charge in [0.1, 0.15) is 5.82 Å². The lowest BCUT2D eigenvalue weighted by Crippen LogP contribution is -2.39. The van der Waals surface area contributed by atoms with Crippen LogP contribution < -0.4 is 5.56 Å². The second-order valence-electron chi connectivity index (χ2n) is 5.64. The molecule has 1 aliphatic rings. The van der Waals surface area contributed by atoms with E-state index in [4.69, 9.17) is 4.98 Å². The van der Waals surface area contributed by atoms with E-state index in [1.54, 1.807) is 6.07 Å². The number of aromatic amines is 1. The van der Waals surface area contributed by atoms with Crippen molar-refractivity contribution in [1.29, 1.82) is 0 Å². The average molecular weight is 268 g/mol. The summed E-state index contributed by atoms with van der Waals surface area (Å²) in [4.78, 5) is 19.6. The van der Waals surface area contributed by atoms with Crippen molar-refractivity contribution in [2.45, 2.75) is 44.4 Å². The third kappa shape index (κ3) is 2.17. The highest BCUT2D eigenvalue weighted by molar-refractivity contribution is 5.35. The zero-order chi connectivity index (χ0) is 14.0. The number of rotatable bonds is 4. The van der Waals surface area contributed by atoms with Gasteiger partial charge in [-0.05, 0) is 24.8 Å². The van der Waals surface area contributed by atoms with Gasteiger partial charge in [-0.15, -0.1) is 0 Å². The number of hydrogen-bond acceptors (Lipinski definition) is 2. The molecule has 0 bridgehead atoms. The average Bonchev–Trinajstić information content (AvgIpc) is 2.38. The lowest BCUT2D eigenvalue weighted by atomic mass is 9.64. The summed E-state index contributed by atoms with van der Waals surface area (Å²) in [7, 11) is 0. The molecule has 1 fully saturated rings. The Bertz CT molecular complexity index is 642. The van der Waals surface area contributed by atoms with E-state index in [-0.39, 0.29) is 11.0 Å². The second kappa shape index (κ2) is 5.23. The van der Waals surface area contributed by atoms with Gasteiger partial charge >= 0.3 is 0 Å². The van der Waals surface area contributed by atoms with Crippen LogP contribution in [0.4, 0.5) is 0 Å². The summed E-state index contributed by atoms with van der Waals surface area (Å²) in [6.07, 6.45) is 5.19. The molecule has 0 saturated heterocycles. The first-order valence-electron chi connectivity index (χ1n) is 7.41. The Morgan fingerprint density at radius 3 is 2.60 bits per heavy atom. The highest BCUT2D eigenvalue weighted by Gasteiger charge is 2.42. The van der Waals surface area contributed by atoms with Crippen LogP contribution in [0, 0.1) is 0 Å². The minimum atomic E-state index is -0.0792. The molecule has 1 saturated carbocycles. The van der Waals surface area contributed by atoms with E-state index in [0.717, 1.165) is 37.2 Å². The van der Waals surface area contributed by atoms with E-state index in [1.807, 2.05) is 6.07 Å². The lowest BCUT2D eigenvalue weighted by molar-refractivity contribution is 0.283. The number of nitrogens with zero attached hydrogens (tertiary/aromatic N) is 1. The first-order chi connectivity index (χ1) is 9.74. The predicted molar refractivity (Wildman–Crippen MR) is 79.9 cm³/mol. The summed E-state index contributed by atoms with van der Waals surface area (Å²) in [5.41, 5.74) is 2.07. The molecule has 1 N–H and O–H groups in total. The van der Waals surface area contributed by atoms with E-state index in [2.05, 4.69) is 36.2 Å². The third-order valence-electron chi connectivity index (χ3n) is 4.29. The quantitative estimate of drug-likeness (QED) is 0.925. The van der Waals surface area contributed by atoms with Crippen molar-refractivity contribution in [3.05, 3.63) is 63.8 Å². The highest BCUT2D eigenvalue weighted by atomic mass is 16.1. The number of aryl methyl sites for hydroxylation is 1. The Labute approximate surface area is 119 Å². The van der Waals surface area contributed by atoms with Gasteiger partial charge in [-0.25, -0.2) is 4.98 Å². The Morgan fingerprint density at radius 1 is 1.25 bits per heavy atom. The van der Waals surface area contributed by atoms with Crippen LogP contribution >= 0.6 is 0 Å². The van der Waals surface area contributed by atoms with Gasteiger partial charge in [0.25, 0.3) is 5.56 Å². The second-order valence-corrected chi connectivity index (χ2v) is 5.64. The van der Waals surface area contributed by atoms with Gasteiger partial charge in [0.05, 0.1) is 5.41 Å². The van der Waals surface area contributed by atoms with Crippen molar-refractivity contribution in [2.24, 2.45) is 0 Å². The number of hydrogen-bond donors (Lipinski definition) is 1. The molecule has 3 nitrogen and oxygen atoms in total. The maximum atomic E-state index is 11.9. The van der Waals surface area contributed by atoms with Crippen molar-refractivity contribution < 1.29 is 0 Å². The molecule has 3 rings (SSSR count). The van der Waals surface area contributed by atoms with Crippen LogP contribution in [0.1, 0.15) is 49.7 Å². The Hall–Kier alpha value is -1.90. The smallest absolute Gasteiger partial charge is 0.251 e. The van der Waals surface area contributed by atoms with Crippen molar-refractivity contribution in [3.63, 3.8) is 0 Å². The molecule has 104 valence electrons. The molecular weight excluding hydrogens is 248 g/mol. The van der Waals surface area contributed by atoms with Gasteiger partial charge in [0, 0.05) is 11.8 Å². The normalized spacial score (nSPS) is 16.6. The number of H-pyrrole nitrogens is 1. The van der Waals surface area contributed by atoms with Crippen LogP contribution in [0.15, 0.2) is 41.2 Å². The monoisotopic (exact) mass is 268 g/mol. The van der Waals surface area contributed by atoms with Gasteiger partial charge < -0.3 is 4.98 Å². The van der Waals surface area contributed by atoms with E-state index in [1.165, 1.54) is 12.0 Å². The summed E-state index contributed by atoms with van der Waals surface area (Å²) in [5, 5.41) is 0. The minimum Gasteiger partial charge on any atom is -0.310 e. The summed E-state index contributed by atoms with van der Waals surface area (Å²) in [5.74, 6) is 0.853. The first kappa shape index (κ1) is 13.1. The molecular formula is C17H20N2O. The van der Waals surface area contributed by atoms with Crippen molar-refractivity contribution in [2.75, 3.05) is 0 Å². The minimum absolute atomic E-state index is 0.0272. The lowest BCUT2D eigenvalue weighted by Gasteiger charge is -2.41. The fourth-order valence-electron chi connectivity index (χ4n) is 3.07. The van der Waals surface area contributed by atoms with Gasteiger partial charge in [0.2, 0.25) is 0 Å². The van der Waals surface area contributed by atoms with E-state index >= 15 is 0 Å². The molecule has 3 heteroatoms. The number of nitrogens with one attached hydrogen (secondary N) is 1. The Balaban J connectivity index is 2.08. The summed E-state index contributed by atoms with van der Waals surface area (Å²) in [6.45, 7) is 2.11. The molecule has 0 amide bonds. The molecule has 0 aliphatic heterocycles. The van der Waals surface area contributed by atoms with Gasteiger partial charge in [-0.1, -0.05) is 50.1 Å². The Morgan fingerprint density at radius 2 is 2.00 bits per heavy atom. The van der Waals surface area contributed by atoms with E-state index < -0.39 is 0 Å². The topological polar surface area (TPSA) is 45.8 Å². The van der Waals surface area contributed by atoms with Crippen LogP contribution in [0.25, 0.3) is 0 Å². The summed E-state index contributed by atoms with van der Waals surface area (Å²) in [6, 6.07) is 12.1. The van der Waals surface area contributed by atoms with Gasteiger partial charge in [0.15, 0.2) is 0 Å². The molecule has 1 aromatic carbocycles. The van der Waals surface area contributed by atoms with Crippen molar-refractivity contribution in [1.82, 2.24) is 9.97 Å². The van der Waals surface area contributed by atoms with Crippen LogP contribution in [0.2, 0.25) is 0 Å². The van der Waals surface area contributed by atoms with Crippen LogP contribution in [-0.2, 0) is 11.8 Å². The fourth-order valence-corrected chi connectivity index (χ4v) is 3.07. The molecule has 0 radical (unpaired) electrons. The maximum absolute atomic E-state index is 11.9. The largest absolute Gasteiger partial charge is 0.310 e. The van der Waals surface area contributed by atoms with Crippen LogP contribution in [-0.4, -0.2) is 9.97 Å². The highest BCUT2D eigenvalue weighted by Crippen LogP contribution is 2.47. The van der Waals surface area contributed by atoms with Crippen LogP contribution in [0.5, 0.6) is 0 Å². The first-order valence-corrected chi connectivity index (χ1v) is 7.41. The molecule has 20 heavy (non-hydrogen) atoms. The van der Waals surface area contributed by atoms with E-state index in [9.17, 15) is 4.79 Å². The zero-order valence-electron chi connectivity index (χ0n) is 11.9. The SMILES string of the molecule is CCCc1cc(=O)[nH]c(C2(c3ccccc3)CCC2)n1. The predicted octanol–water partition coefficient (Wildman–Crippen LogP) is 3.19. The zero-order valence-corrected chi connectivity index (χ0v) is 11.9. The van der Waals surface area contributed by atoms with Crippen molar-refractivity contribution >= 4 is 0 Å². The molecule has 0 unspecified atom stereocenters. The molecule has 1 aromatic heterocycles. The Kier molecular flexibility index (Phi) is 3.43. The summed E-state index contributed by atoms with van der Waals surface area (Å²) < 4.78 is 0. The molecule has 0 spiro atoms. The van der Waals surface area contributed by atoms with E-state index in [0.29, 0.717) is 0 Å². The van der Waals surface area contributed by atoms with Crippen molar-refractivity contribution in [3.8, 4) is 0 Å². The number of aromatic nitrogens is 2.